The van der Waals surface area contributed by atoms with Crippen LogP contribution in [0.5, 0.6) is 0 Å². The van der Waals surface area contributed by atoms with Crippen molar-refractivity contribution >= 4 is 34.3 Å². The largest absolute Gasteiger partial charge is 0.351 e. The fourth-order valence-electron chi connectivity index (χ4n) is 3.23. The smallest absolute Gasteiger partial charge is 0.242 e. The zero-order chi connectivity index (χ0) is 18.0. The summed E-state index contributed by atoms with van der Waals surface area (Å²) in [6.45, 7) is 5.37. The number of carbonyl (C=O) groups excluding carboxylic acids is 2. The minimum absolute atomic E-state index is 0.0398. The molecule has 0 spiro atoms. The predicted molar refractivity (Wildman–Crippen MR) is 99.5 cm³/mol. The Labute approximate surface area is 152 Å². The van der Waals surface area contributed by atoms with E-state index in [4.69, 9.17) is 11.6 Å². The number of halogens is 1. The van der Waals surface area contributed by atoms with Gasteiger partial charge in [-0.05, 0) is 36.4 Å². The molecule has 2 heterocycles. The van der Waals surface area contributed by atoms with E-state index in [0.29, 0.717) is 11.6 Å². The van der Waals surface area contributed by atoms with Gasteiger partial charge in [0.15, 0.2) is 0 Å². The van der Waals surface area contributed by atoms with Gasteiger partial charge in [0, 0.05) is 41.8 Å². The molecule has 1 aromatic carbocycles. The van der Waals surface area contributed by atoms with E-state index in [9.17, 15) is 9.59 Å². The van der Waals surface area contributed by atoms with E-state index in [1.807, 2.05) is 53.8 Å². The molecule has 0 saturated carbocycles. The van der Waals surface area contributed by atoms with Crippen molar-refractivity contribution in [1.82, 2.24) is 14.8 Å². The molecule has 1 N–H and O–H groups in total. The fraction of sp³-hybridized carbons (Fsp3) is 0.474. The van der Waals surface area contributed by atoms with Crippen molar-refractivity contribution in [3.05, 3.63) is 35.5 Å². The number of nitrogens with one attached hydrogen (secondary N) is 1. The Morgan fingerprint density at radius 3 is 2.88 bits per heavy atom. The summed E-state index contributed by atoms with van der Waals surface area (Å²) in [5.41, 5.74) is 0.961. The second-order valence-corrected chi connectivity index (χ2v) is 7.43. The Hall–Kier alpha value is -2.01. The van der Waals surface area contributed by atoms with Gasteiger partial charge in [0.05, 0.1) is 0 Å². The average molecular weight is 362 g/mol. The van der Waals surface area contributed by atoms with E-state index in [-0.39, 0.29) is 30.3 Å². The maximum atomic E-state index is 12.7. The molecule has 0 radical (unpaired) electrons. The van der Waals surface area contributed by atoms with Crippen LogP contribution < -0.4 is 5.32 Å². The number of hydrogen-bond donors (Lipinski definition) is 1. The molecule has 1 aromatic heterocycles. The summed E-state index contributed by atoms with van der Waals surface area (Å²) < 4.78 is 1.93. The molecular weight excluding hydrogens is 338 g/mol. The van der Waals surface area contributed by atoms with Crippen LogP contribution in [0.2, 0.25) is 5.02 Å². The number of rotatable bonds is 4. The van der Waals surface area contributed by atoms with Crippen LogP contribution in [0, 0.1) is 5.92 Å². The van der Waals surface area contributed by atoms with Crippen molar-refractivity contribution in [2.75, 3.05) is 13.1 Å². The van der Waals surface area contributed by atoms with Crippen LogP contribution in [-0.2, 0) is 16.1 Å². The van der Waals surface area contributed by atoms with Gasteiger partial charge in [-0.15, -0.1) is 0 Å². The van der Waals surface area contributed by atoms with Gasteiger partial charge in [0.1, 0.15) is 6.54 Å². The molecule has 1 aliphatic heterocycles. The Kier molecular flexibility index (Phi) is 5.33. The van der Waals surface area contributed by atoms with Gasteiger partial charge in [0.25, 0.3) is 0 Å². The molecule has 2 amide bonds. The number of fused-ring (bicyclic) bond motifs is 1. The molecule has 1 fully saturated rings. The lowest BCUT2D eigenvalue weighted by molar-refractivity contribution is -0.134. The number of nitrogens with zero attached hydrogens (tertiary/aromatic N) is 2. The highest BCUT2D eigenvalue weighted by Gasteiger charge is 2.25. The molecule has 134 valence electrons. The maximum absolute atomic E-state index is 12.7. The highest BCUT2D eigenvalue weighted by atomic mass is 35.5. The first-order valence-corrected chi connectivity index (χ1v) is 9.14. The Morgan fingerprint density at radius 1 is 1.32 bits per heavy atom. The third-order valence-electron chi connectivity index (χ3n) is 4.69. The van der Waals surface area contributed by atoms with E-state index in [2.05, 4.69) is 5.32 Å². The van der Waals surface area contributed by atoms with Crippen molar-refractivity contribution in [2.45, 2.75) is 39.3 Å². The minimum atomic E-state index is -0.0398. The molecular formula is C19H24ClN3O2. The number of likely N-dealkylation sites (tertiary alicyclic amines) is 1. The van der Waals surface area contributed by atoms with E-state index in [0.717, 1.165) is 30.3 Å². The van der Waals surface area contributed by atoms with Crippen LogP contribution in [0.4, 0.5) is 0 Å². The van der Waals surface area contributed by atoms with E-state index < -0.39 is 0 Å². The quantitative estimate of drug-likeness (QED) is 0.909. The molecule has 0 aliphatic carbocycles. The Morgan fingerprint density at radius 2 is 2.12 bits per heavy atom. The van der Waals surface area contributed by atoms with Crippen LogP contribution in [0.25, 0.3) is 10.9 Å². The first-order valence-electron chi connectivity index (χ1n) is 8.76. The van der Waals surface area contributed by atoms with Crippen molar-refractivity contribution < 1.29 is 9.59 Å². The van der Waals surface area contributed by atoms with Crippen LogP contribution in [-0.4, -0.2) is 40.4 Å². The second kappa shape index (κ2) is 7.48. The number of aromatic nitrogens is 1. The van der Waals surface area contributed by atoms with Gasteiger partial charge in [-0.1, -0.05) is 31.5 Å². The average Bonchev–Trinajstić information content (AvgIpc) is 2.97. The molecule has 25 heavy (non-hydrogen) atoms. The van der Waals surface area contributed by atoms with Gasteiger partial charge in [0.2, 0.25) is 11.8 Å². The highest BCUT2D eigenvalue weighted by Crippen LogP contribution is 2.21. The van der Waals surface area contributed by atoms with Gasteiger partial charge >= 0.3 is 0 Å². The standard InChI is InChI=1S/C19H24ClN3O2/c1-13(2)19(25)21-16-4-3-8-23(11-16)18(24)12-22-9-7-14-5-6-15(20)10-17(14)22/h5-7,9-10,13,16H,3-4,8,11-12H2,1-2H3,(H,21,25). The lowest BCUT2D eigenvalue weighted by Gasteiger charge is -2.33. The predicted octanol–water partition coefficient (Wildman–Crippen LogP) is 3.06. The topological polar surface area (TPSA) is 54.3 Å². The Bertz CT molecular complexity index is 784. The van der Waals surface area contributed by atoms with Gasteiger partial charge < -0.3 is 14.8 Å². The molecule has 1 aliphatic rings. The first-order chi connectivity index (χ1) is 11.9. The van der Waals surface area contributed by atoms with Crippen LogP contribution >= 0.6 is 11.6 Å². The summed E-state index contributed by atoms with van der Waals surface area (Å²) in [6, 6.07) is 7.72. The molecule has 0 bridgehead atoms. The maximum Gasteiger partial charge on any atom is 0.242 e. The van der Waals surface area contributed by atoms with Crippen LogP contribution in [0.1, 0.15) is 26.7 Å². The third kappa shape index (κ3) is 4.15. The van der Waals surface area contributed by atoms with Crippen molar-refractivity contribution in [3.63, 3.8) is 0 Å². The normalized spacial score (nSPS) is 17.9. The minimum Gasteiger partial charge on any atom is -0.351 e. The summed E-state index contributed by atoms with van der Waals surface area (Å²) in [6.07, 6.45) is 3.75. The SMILES string of the molecule is CC(C)C(=O)NC1CCCN(C(=O)Cn2ccc3ccc(Cl)cc32)C1. The first kappa shape index (κ1) is 17.8. The zero-order valence-electron chi connectivity index (χ0n) is 14.7. The number of benzene rings is 1. The fourth-order valence-corrected chi connectivity index (χ4v) is 3.40. The molecule has 2 aromatic rings. The summed E-state index contributed by atoms with van der Waals surface area (Å²) >= 11 is 6.08. The lowest BCUT2D eigenvalue weighted by Crippen LogP contribution is -2.51. The van der Waals surface area contributed by atoms with Gasteiger partial charge in [-0.25, -0.2) is 0 Å². The highest BCUT2D eigenvalue weighted by molar-refractivity contribution is 6.31. The summed E-state index contributed by atoms with van der Waals surface area (Å²) in [7, 11) is 0. The third-order valence-corrected chi connectivity index (χ3v) is 4.92. The van der Waals surface area contributed by atoms with Crippen LogP contribution in [0.3, 0.4) is 0 Å². The number of amides is 2. The second-order valence-electron chi connectivity index (χ2n) is 6.99. The van der Waals surface area contributed by atoms with E-state index in [1.54, 1.807) is 0 Å². The van der Waals surface area contributed by atoms with Crippen LogP contribution in [0.15, 0.2) is 30.5 Å². The molecule has 1 unspecified atom stereocenters. The summed E-state index contributed by atoms with van der Waals surface area (Å²) in [5.74, 6) is 0.0772. The number of carbonyl (C=O) groups is 2. The number of hydrogen-bond acceptors (Lipinski definition) is 2. The molecule has 6 heteroatoms. The van der Waals surface area contributed by atoms with Crippen molar-refractivity contribution in [3.8, 4) is 0 Å². The van der Waals surface area contributed by atoms with E-state index >= 15 is 0 Å². The molecule has 5 nitrogen and oxygen atoms in total. The molecule has 1 atom stereocenters. The van der Waals surface area contributed by atoms with Crippen molar-refractivity contribution in [2.24, 2.45) is 5.92 Å². The Balaban J connectivity index is 1.66. The van der Waals surface area contributed by atoms with E-state index in [1.165, 1.54) is 0 Å². The lowest BCUT2D eigenvalue weighted by atomic mass is 10.0. The molecule has 1 saturated heterocycles. The zero-order valence-corrected chi connectivity index (χ0v) is 15.4. The van der Waals surface area contributed by atoms with Gasteiger partial charge in [-0.3, -0.25) is 9.59 Å². The summed E-state index contributed by atoms with van der Waals surface area (Å²) in [4.78, 5) is 26.5. The summed E-state index contributed by atoms with van der Waals surface area (Å²) in [5, 5.41) is 4.77. The molecule has 3 rings (SSSR count). The van der Waals surface area contributed by atoms with Crippen molar-refractivity contribution in [1.29, 1.82) is 0 Å². The van der Waals surface area contributed by atoms with Gasteiger partial charge in [-0.2, -0.15) is 0 Å². The monoisotopic (exact) mass is 361 g/mol. The number of piperidine rings is 1.